The fourth-order valence-electron chi connectivity index (χ4n) is 3.44. The normalized spacial score (nSPS) is 11.9. The average Bonchev–Trinajstić information content (AvgIpc) is 3.21. The van der Waals surface area contributed by atoms with Crippen LogP contribution in [0.25, 0.3) is 5.69 Å². The van der Waals surface area contributed by atoms with E-state index in [1.807, 2.05) is 54.8 Å². The van der Waals surface area contributed by atoms with Crippen molar-refractivity contribution in [3.05, 3.63) is 76.9 Å². The molecule has 29 heavy (non-hydrogen) atoms. The second-order valence-corrected chi connectivity index (χ2v) is 7.15. The Kier molecular flexibility index (Phi) is 5.55. The molecule has 0 bridgehead atoms. The Balaban J connectivity index is 1.82. The highest BCUT2D eigenvalue weighted by atomic mass is 16.5. The number of hydrogen-bond donors (Lipinski definition) is 0. The Morgan fingerprint density at radius 1 is 1.03 bits per heavy atom. The van der Waals surface area contributed by atoms with E-state index < -0.39 is 12.1 Å². The minimum Gasteiger partial charge on any atom is -0.450 e. The number of aromatic nitrogens is 2. The van der Waals surface area contributed by atoms with Gasteiger partial charge in [0.1, 0.15) is 5.69 Å². The second kappa shape index (κ2) is 7.91. The Morgan fingerprint density at radius 2 is 1.69 bits per heavy atom. The summed E-state index contributed by atoms with van der Waals surface area (Å²) >= 11 is 0. The number of esters is 1. The molecule has 3 rings (SSSR count). The van der Waals surface area contributed by atoms with E-state index in [2.05, 4.69) is 0 Å². The Morgan fingerprint density at radius 3 is 2.28 bits per heavy atom. The van der Waals surface area contributed by atoms with Crippen molar-refractivity contribution in [1.82, 2.24) is 9.13 Å². The van der Waals surface area contributed by atoms with E-state index in [0.717, 1.165) is 17.1 Å². The third kappa shape index (κ3) is 3.92. The maximum atomic E-state index is 13.0. The molecule has 0 aliphatic heterocycles. The van der Waals surface area contributed by atoms with Gasteiger partial charge in [0.05, 0.1) is 0 Å². The van der Waals surface area contributed by atoms with E-state index in [4.69, 9.17) is 4.74 Å². The fraction of sp³-hybridized carbons (Fsp3) is 0.261. The summed E-state index contributed by atoms with van der Waals surface area (Å²) in [5, 5.41) is 0. The van der Waals surface area contributed by atoms with Crippen molar-refractivity contribution < 1.29 is 19.1 Å². The molecular weight excluding hydrogens is 368 g/mol. The van der Waals surface area contributed by atoms with Crippen molar-refractivity contribution in [2.45, 2.75) is 33.8 Å². The topological polar surface area (TPSA) is 70.3 Å². The number of carbonyl (C=O) groups is 3. The SMILES string of the molecule is CC(=O)c1cc(C(=O)O[C@@H](C)C(=O)c2cc(C)n(-c3ccccc3)c2C)n(C)c1. The van der Waals surface area contributed by atoms with Gasteiger partial charge in [-0.2, -0.15) is 0 Å². The number of nitrogens with zero attached hydrogens (tertiary/aromatic N) is 2. The molecule has 2 heterocycles. The van der Waals surface area contributed by atoms with Crippen LogP contribution in [0.3, 0.4) is 0 Å². The van der Waals surface area contributed by atoms with Crippen molar-refractivity contribution in [3.63, 3.8) is 0 Å². The molecule has 2 aromatic heterocycles. The number of aryl methyl sites for hydroxylation is 2. The molecule has 6 nitrogen and oxygen atoms in total. The lowest BCUT2D eigenvalue weighted by atomic mass is 10.1. The van der Waals surface area contributed by atoms with Gasteiger partial charge in [-0.25, -0.2) is 4.79 Å². The van der Waals surface area contributed by atoms with Crippen LogP contribution < -0.4 is 0 Å². The molecule has 1 aromatic carbocycles. The van der Waals surface area contributed by atoms with Crippen LogP contribution in [0.15, 0.2) is 48.7 Å². The predicted molar refractivity (Wildman–Crippen MR) is 110 cm³/mol. The van der Waals surface area contributed by atoms with Crippen LogP contribution in [-0.4, -0.2) is 32.8 Å². The zero-order valence-corrected chi connectivity index (χ0v) is 17.2. The lowest BCUT2D eigenvalue weighted by molar-refractivity contribution is 0.0309. The first-order valence-electron chi connectivity index (χ1n) is 9.37. The molecule has 3 aromatic rings. The van der Waals surface area contributed by atoms with E-state index in [0.29, 0.717) is 11.1 Å². The molecule has 0 aliphatic carbocycles. The van der Waals surface area contributed by atoms with Gasteiger partial charge in [0, 0.05) is 41.4 Å². The molecular formula is C23H24N2O4. The number of Topliss-reactive ketones (excluding diaryl/α,β-unsaturated/α-hetero) is 2. The predicted octanol–water partition coefficient (Wildman–Crippen LogP) is 4.06. The highest BCUT2D eigenvalue weighted by Crippen LogP contribution is 2.23. The van der Waals surface area contributed by atoms with Crippen LogP contribution >= 0.6 is 0 Å². The highest BCUT2D eigenvalue weighted by Gasteiger charge is 2.26. The van der Waals surface area contributed by atoms with Gasteiger partial charge in [-0.05, 0) is 52.0 Å². The second-order valence-electron chi connectivity index (χ2n) is 7.15. The quantitative estimate of drug-likeness (QED) is 0.468. The van der Waals surface area contributed by atoms with Gasteiger partial charge in [0.2, 0.25) is 5.78 Å². The first-order chi connectivity index (χ1) is 13.7. The summed E-state index contributed by atoms with van der Waals surface area (Å²) in [5.41, 5.74) is 3.84. The Hall–Kier alpha value is -3.41. The number of para-hydroxylation sites is 1. The van der Waals surface area contributed by atoms with Crippen LogP contribution in [0.2, 0.25) is 0 Å². The third-order valence-electron chi connectivity index (χ3n) is 4.98. The molecule has 0 aliphatic rings. The Labute approximate surface area is 169 Å². The van der Waals surface area contributed by atoms with Crippen LogP contribution in [-0.2, 0) is 11.8 Å². The standard InChI is InChI=1S/C23H24N2O4/c1-14-11-20(15(2)25(14)19-9-7-6-8-10-19)22(27)17(4)29-23(28)21-12-18(16(3)26)13-24(21)5/h6-13,17H,1-5H3/t17-/m0/s1. The van der Waals surface area contributed by atoms with Gasteiger partial charge in [-0.3, -0.25) is 9.59 Å². The van der Waals surface area contributed by atoms with E-state index in [1.54, 1.807) is 20.2 Å². The molecule has 0 N–H and O–H groups in total. The van der Waals surface area contributed by atoms with Gasteiger partial charge < -0.3 is 13.9 Å². The van der Waals surface area contributed by atoms with Crippen molar-refractivity contribution in [2.75, 3.05) is 0 Å². The van der Waals surface area contributed by atoms with Gasteiger partial charge >= 0.3 is 5.97 Å². The van der Waals surface area contributed by atoms with Gasteiger partial charge in [0.25, 0.3) is 0 Å². The summed E-state index contributed by atoms with van der Waals surface area (Å²) in [6.45, 7) is 6.79. The number of ketones is 2. The maximum Gasteiger partial charge on any atom is 0.355 e. The number of rotatable bonds is 6. The number of carbonyl (C=O) groups excluding carboxylic acids is 3. The van der Waals surface area contributed by atoms with Crippen molar-refractivity contribution in [2.24, 2.45) is 7.05 Å². The summed E-state index contributed by atoms with van der Waals surface area (Å²) in [5.74, 6) is -1.05. The van der Waals surface area contributed by atoms with E-state index >= 15 is 0 Å². The molecule has 0 fully saturated rings. The van der Waals surface area contributed by atoms with E-state index in [-0.39, 0.29) is 17.3 Å². The van der Waals surface area contributed by atoms with Gasteiger partial charge in [-0.1, -0.05) is 18.2 Å². The van der Waals surface area contributed by atoms with Crippen LogP contribution in [0.1, 0.15) is 56.4 Å². The molecule has 0 saturated heterocycles. The molecule has 150 valence electrons. The largest absolute Gasteiger partial charge is 0.450 e. The van der Waals surface area contributed by atoms with Gasteiger partial charge in [0.15, 0.2) is 11.9 Å². The molecule has 0 amide bonds. The minimum atomic E-state index is -0.956. The summed E-state index contributed by atoms with van der Waals surface area (Å²) in [6, 6.07) is 13.0. The van der Waals surface area contributed by atoms with Crippen LogP contribution in [0.4, 0.5) is 0 Å². The lowest BCUT2D eigenvalue weighted by Gasteiger charge is -2.13. The molecule has 0 radical (unpaired) electrons. The number of ether oxygens (including phenoxy) is 1. The van der Waals surface area contributed by atoms with E-state index in [9.17, 15) is 14.4 Å². The summed E-state index contributed by atoms with van der Waals surface area (Å²) in [6.07, 6.45) is 0.613. The van der Waals surface area contributed by atoms with Gasteiger partial charge in [-0.15, -0.1) is 0 Å². The maximum absolute atomic E-state index is 13.0. The smallest absolute Gasteiger partial charge is 0.355 e. The molecule has 0 saturated carbocycles. The number of benzene rings is 1. The highest BCUT2D eigenvalue weighted by molar-refractivity contribution is 6.03. The van der Waals surface area contributed by atoms with Crippen molar-refractivity contribution in [1.29, 1.82) is 0 Å². The zero-order chi connectivity index (χ0) is 21.3. The zero-order valence-electron chi connectivity index (χ0n) is 17.2. The summed E-state index contributed by atoms with van der Waals surface area (Å²) in [4.78, 5) is 37.0. The first kappa shape index (κ1) is 20.3. The molecule has 6 heteroatoms. The first-order valence-corrected chi connectivity index (χ1v) is 9.37. The monoisotopic (exact) mass is 392 g/mol. The molecule has 0 unspecified atom stereocenters. The van der Waals surface area contributed by atoms with Crippen molar-refractivity contribution in [3.8, 4) is 5.69 Å². The van der Waals surface area contributed by atoms with Crippen LogP contribution in [0, 0.1) is 13.8 Å². The molecule has 1 atom stereocenters. The lowest BCUT2D eigenvalue weighted by Crippen LogP contribution is -2.25. The minimum absolute atomic E-state index is 0.142. The fourth-order valence-corrected chi connectivity index (χ4v) is 3.44. The Bertz CT molecular complexity index is 1090. The third-order valence-corrected chi connectivity index (χ3v) is 4.98. The van der Waals surface area contributed by atoms with Crippen LogP contribution in [0.5, 0.6) is 0 Å². The van der Waals surface area contributed by atoms with Crippen molar-refractivity contribution >= 4 is 17.5 Å². The average molecular weight is 392 g/mol. The summed E-state index contributed by atoms with van der Waals surface area (Å²) in [7, 11) is 1.66. The molecule has 0 spiro atoms. The summed E-state index contributed by atoms with van der Waals surface area (Å²) < 4.78 is 8.93. The number of hydrogen-bond acceptors (Lipinski definition) is 4. The van der Waals surface area contributed by atoms with E-state index in [1.165, 1.54) is 17.6 Å².